The van der Waals surface area contributed by atoms with E-state index in [9.17, 15) is 19.6 Å². The van der Waals surface area contributed by atoms with Crippen LogP contribution in [0.25, 0.3) is 22.2 Å². The number of thiocarbonyl (C=S) groups is 2. The zero-order chi connectivity index (χ0) is 109. The lowest BCUT2D eigenvalue weighted by atomic mass is 10.1. The molecule has 36 nitrogen and oxygen atoms in total. The van der Waals surface area contributed by atoms with Crippen LogP contribution in [0.4, 0.5) is 21.5 Å². The number of nitrogens with one attached hydrogen (secondary N) is 6. The number of nitro benzene ring substituents is 1. The lowest BCUT2D eigenvalue weighted by Gasteiger charge is -2.06. The number of halogens is 13. The van der Waals surface area contributed by atoms with Crippen LogP contribution in [0, 0.1) is 55.5 Å². The smallest absolute Gasteiger partial charge is 0.279 e. The molecular weight excluding hydrogens is 2430 g/mol. The Morgan fingerprint density at radius 1 is 0.425 bits per heavy atom. The molecule has 0 radical (unpaired) electrons. The molecule has 1 aromatic heterocycles. The average Bonchev–Trinajstić information content (AvgIpc) is 1.64. The molecule has 0 saturated heterocycles. The first-order valence-electron chi connectivity index (χ1n) is 41.4. The van der Waals surface area contributed by atoms with Crippen LogP contribution in [-0.4, -0.2) is 192 Å². The predicted octanol–water partition coefficient (Wildman–Crippen LogP) is 18.0. The van der Waals surface area contributed by atoms with Crippen molar-refractivity contribution in [2.75, 3.05) is 70.4 Å². The molecule has 0 atom stereocenters. The van der Waals surface area contributed by atoms with E-state index in [-0.39, 0.29) is 119 Å². The van der Waals surface area contributed by atoms with Crippen molar-refractivity contribution < 1.29 is 14.4 Å². The van der Waals surface area contributed by atoms with Crippen molar-refractivity contribution in [3.05, 3.63) is 347 Å². The van der Waals surface area contributed by atoms with Crippen LogP contribution in [0.3, 0.4) is 0 Å². The lowest BCUT2D eigenvalue weighted by Crippen LogP contribution is -2.33. The van der Waals surface area contributed by atoms with Crippen LogP contribution in [-0.2, 0) is 0 Å². The number of benzene rings is 11. The summed E-state index contributed by atoms with van der Waals surface area (Å²) in [6, 6.07) is 62.9. The molecule has 146 heavy (non-hydrogen) atoms. The number of nitrogens with zero attached hydrogens (tertiary/aromatic N) is 13. The predicted molar refractivity (Wildman–Crippen MR) is 642 cm³/mol. The molecular formula is C95H100Br2Cl8FI2N33O3S2. The number of fused-ring (bicyclic) bond motifs is 1. The quantitative estimate of drug-likeness (QED) is 0.00290. The van der Waals surface area contributed by atoms with E-state index in [0.29, 0.717) is 92.7 Å². The Bertz CT molecular complexity index is 6210. The van der Waals surface area contributed by atoms with E-state index in [1.165, 1.54) is 76.7 Å². The summed E-state index contributed by atoms with van der Waals surface area (Å²) in [5.41, 5.74) is 82.0. The number of rotatable bonds is 30. The SMILES string of the molecule is N=C(N)CN=Cc1c(Br)cccc1Br.N=C(N)CN=Cc1c(Cl)cccc1[N+](=O)[O-].N=C(N)CN=Cc1c(I)cccc1I.N=C(N)CN=Cc1c(N)cccc1Cl.N=C(N)CN=Cc1ccc2ccccc2c1.N=C(N)CN=Cc1ccccc1N.NC(=S)CN=Cc1c(Cl)cccc1Cl.NC(=S)CN=Cc1c(F)cccc1Cl.NC(N)=Nn1ccnc1-c1c(Cl)cccc1Cl.NC(N)CN=Cc1c(O)cccc1Cl. The van der Waals surface area contributed by atoms with Crippen LogP contribution in [0.5, 0.6) is 5.75 Å². The van der Waals surface area contributed by atoms with Gasteiger partial charge >= 0.3 is 0 Å². The van der Waals surface area contributed by atoms with Crippen LogP contribution >= 0.6 is 194 Å². The number of imidazole rings is 1. The summed E-state index contributed by atoms with van der Waals surface area (Å²) in [6.45, 7) is 1.91. The number of hydrogen-bond donors (Lipinski definition) is 21. The van der Waals surface area contributed by atoms with Gasteiger partial charge in [0.2, 0.25) is 5.96 Å². The molecule has 12 rings (SSSR count). The first-order chi connectivity index (χ1) is 69.2. The van der Waals surface area contributed by atoms with Crippen molar-refractivity contribution in [1.29, 1.82) is 32.5 Å². The van der Waals surface area contributed by atoms with E-state index < -0.39 is 16.9 Å². The number of nitro groups is 1. The fourth-order valence-corrected chi connectivity index (χ4v) is 15.2. The summed E-state index contributed by atoms with van der Waals surface area (Å²) in [4.78, 5) is 50.5. The largest absolute Gasteiger partial charge is 0.507 e. The van der Waals surface area contributed by atoms with Gasteiger partial charge in [0.25, 0.3) is 5.69 Å². The Labute approximate surface area is 935 Å². The van der Waals surface area contributed by atoms with Gasteiger partial charge in [-0.3, -0.25) is 87.5 Å². The monoisotopic (exact) mass is 2530 g/mol. The molecule has 1 heterocycles. The van der Waals surface area contributed by atoms with Gasteiger partial charge in [-0.2, -0.15) is 0 Å². The van der Waals surface area contributed by atoms with E-state index >= 15 is 0 Å². The van der Waals surface area contributed by atoms with Crippen molar-refractivity contribution in [3.63, 3.8) is 0 Å². The number of aliphatic imine (C=N–C) groups is 9. The Morgan fingerprint density at radius 2 is 0.795 bits per heavy atom. The average molecular weight is 2530 g/mol. The molecule has 0 amide bonds. The number of phenols is 1. The molecule has 766 valence electrons. The summed E-state index contributed by atoms with van der Waals surface area (Å²) >= 11 is 67.9. The van der Waals surface area contributed by atoms with Gasteiger partial charge in [-0.15, -0.1) is 5.10 Å². The number of aromatic nitrogens is 2. The molecule has 0 fully saturated rings. The topological polar surface area (TPSA) is 712 Å². The Balaban J connectivity index is 0.000000417. The molecule has 35 N–H and O–H groups in total. The fourth-order valence-electron chi connectivity index (χ4n) is 10.2. The number of anilines is 2. The van der Waals surface area contributed by atoms with Crippen molar-refractivity contribution in [3.8, 4) is 17.1 Å². The molecule has 12 aromatic rings. The maximum absolute atomic E-state index is 13.1. The summed E-state index contributed by atoms with van der Waals surface area (Å²) in [7, 11) is 0. The van der Waals surface area contributed by atoms with Crippen molar-refractivity contribution >= 4 is 329 Å². The molecule has 11 aromatic carbocycles. The van der Waals surface area contributed by atoms with Gasteiger partial charge in [0, 0.05) is 135 Å². The van der Waals surface area contributed by atoms with Crippen LogP contribution in [0.1, 0.15) is 50.1 Å². The Kier molecular flexibility index (Phi) is 61.8. The summed E-state index contributed by atoms with van der Waals surface area (Å²) in [5, 5.41) is 72.0. The summed E-state index contributed by atoms with van der Waals surface area (Å²) < 4.78 is 18.8. The number of nitrogens with two attached hydrogens (primary N) is 14. The van der Waals surface area contributed by atoms with E-state index in [1.807, 2.05) is 72.8 Å². The third-order valence-electron chi connectivity index (χ3n) is 16.5. The van der Waals surface area contributed by atoms with Crippen molar-refractivity contribution in [2.45, 2.75) is 6.17 Å². The number of nitrogen functional groups attached to an aromatic ring is 2. The molecule has 0 spiro atoms. The third-order valence-corrected chi connectivity index (χ3v) is 22.7. The van der Waals surface area contributed by atoms with E-state index in [0.717, 1.165) is 38.3 Å². The molecule has 0 saturated carbocycles. The van der Waals surface area contributed by atoms with Gasteiger partial charge in [0.05, 0.1) is 137 Å². The molecule has 0 bridgehead atoms. The molecule has 0 aliphatic rings. The zero-order valence-corrected chi connectivity index (χ0v) is 92.1. The molecule has 0 aliphatic heterocycles. The van der Waals surface area contributed by atoms with Crippen molar-refractivity contribution in [2.24, 2.45) is 119 Å². The number of hydrogen-bond acceptors (Lipinski definition) is 26. The standard InChI is InChI=1S/C13H13N3.C10H9Cl2N5.C9H9Br2N3.C9H8Cl2N2S.C9H8ClFN2S.C9H9ClN4O2.C9H11ClN4.C9H12ClN3O.C9H9I2N3.C9H12N4/c14-13(15)9-16-8-10-5-6-11-3-1-2-4-12(11)7-10;11-6-2-1-3-7(12)8(6)9-15-4-5-17(9)16-10(13)14;10-7-2-1-3-8(11)6(7)4-14-5-9(12)13;2*10-7-2-1-3-8(11)6(7)4-13-5-9(12)14;10-7-2-1-3-8(14(15)16)6(7)4-13-5-9(11)12;10-7-2-1-3-8(11)6(7)4-14-5-9(12)13;10-7-2-1-3-8(14)6(7)4-13-5-9(11)12;10-7-2-1-3-8(11)6(7)4-14-5-9(12)13;10-8-4-2-1-3-7(8)5-13-6-9(11)12/h1-8H,9H2,(H3,14,15);1-5H,(H4,13,14,16);1-4H,5H2,(H3,12,13);2*1-4H,5H2,(H2,12,14);1-4H,5H2,(H3,11,12);1-4H,5,11H2,(H3,12,13);1-4,9,14H,5,11-12H2;1-4H,5H2,(H3,12,13);1-5H,6,10H2,(H3,11,12). The van der Waals surface area contributed by atoms with Crippen LogP contribution < -0.4 is 80.3 Å². The summed E-state index contributed by atoms with van der Waals surface area (Å²) in [6.07, 6.45) is 16.6. The van der Waals surface area contributed by atoms with Gasteiger partial charge < -0.3 is 85.4 Å². The minimum atomic E-state index is -0.541. The Morgan fingerprint density at radius 3 is 1.27 bits per heavy atom. The zero-order valence-electron chi connectivity index (χ0n) is 76.9. The maximum Gasteiger partial charge on any atom is 0.279 e. The molecule has 0 aliphatic carbocycles. The highest BCUT2D eigenvalue weighted by molar-refractivity contribution is 14.1. The van der Waals surface area contributed by atoms with Gasteiger partial charge in [0.1, 0.15) is 46.6 Å². The highest BCUT2D eigenvalue weighted by Crippen LogP contribution is 2.34. The second-order valence-electron chi connectivity index (χ2n) is 28.3. The third kappa shape index (κ3) is 52.3. The Hall–Kier alpha value is -12.8. The number of amidine groups is 6. The van der Waals surface area contributed by atoms with Crippen LogP contribution in [0.2, 0.25) is 40.2 Å². The number of phenolic OH excluding ortho intramolecular Hbond substituents is 1. The van der Waals surface area contributed by atoms with E-state index in [1.54, 1.807) is 122 Å². The van der Waals surface area contributed by atoms with Gasteiger partial charge in [-0.05, 0) is 165 Å². The maximum atomic E-state index is 13.1. The minimum absolute atomic E-state index is 0.00637. The second-order valence-corrected chi connectivity index (χ2v) is 36.7. The fraction of sp³-hybridized carbons (Fsp3) is 0.105. The lowest BCUT2D eigenvalue weighted by molar-refractivity contribution is -0.385. The van der Waals surface area contributed by atoms with Gasteiger partial charge in [-0.1, -0.05) is 252 Å². The minimum Gasteiger partial charge on any atom is -0.507 e. The molecule has 51 heteroatoms. The van der Waals surface area contributed by atoms with Gasteiger partial charge in [-0.25, -0.2) is 14.1 Å². The van der Waals surface area contributed by atoms with Crippen LogP contribution in [0.15, 0.2) is 284 Å². The normalized spacial score (nSPS) is 10.7. The van der Waals surface area contributed by atoms with E-state index in [2.05, 4.69) is 181 Å². The first kappa shape index (κ1) is 127. The van der Waals surface area contributed by atoms with E-state index in [4.69, 9.17) is 206 Å². The number of aromatic hydroxyl groups is 1. The molecule has 0 unspecified atom stereocenters. The number of guanidine groups is 1. The van der Waals surface area contributed by atoms with Gasteiger partial charge in [0.15, 0.2) is 5.82 Å². The number of para-hydroxylation sites is 1. The highest BCUT2D eigenvalue weighted by Gasteiger charge is 2.17. The highest BCUT2D eigenvalue weighted by atomic mass is 127. The first-order valence-corrected chi connectivity index (χ1v) is 49.0. The summed E-state index contributed by atoms with van der Waals surface area (Å²) in [5.74, 6) is 0.240. The second kappa shape index (κ2) is 70.8. The van der Waals surface area contributed by atoms with Crippen molar-refractivity contribution in [1.82, 2.24) is 9.66 Å².